The lowest BCUT2D eigenvalue weighted by atomic mass is 9.83. The number of ketones is 1. The van der Waals surface area contributed by atoms with Crippen LogP contribution in [0.3, 0.4) is 0 Å². The second-order valence-corrected chi connectivity index (χ2v) is 5.22. The molecule has 106 valence electrons. The Labute approximate surface area is 120 Å². The van der Waals surface area contributed by atoms with Crippen LogP contribution in [-0.2, 0) is 0 Å². The van der Waals surface area contributed by atoms with Gasteiger partial charge in [0.2, 0.25) is 0 Å². The SMILES string of the molecule is CCC(CC)(C(=O)c1ccc(Cl)c(OC)c1)N(C)C. The summed E-state index contributed by atoms with van der Waals surface area (Å²) in [7, 11) is 5.43. The van der Waals surface area contributed by atoms with E-state index in [9.17, 15) is 4.79 Å². The summed E-state index contributed by atoms with van der Waals surface area (Å²) in [6.07, 6.45) is 1.53. The third kappa shape index (κ3) is 2.93. The highest BCUT2D eigenvalue weighted by Gasteiger charge is 2.37. The van der Waals surface area contributed by atoms with Crippen LogP contribution < -0.4 is 4.74 Å². The summed E-state index contributed by atoms with van der Waals surface area (Å²) in [4.78, 5) is 14.8. The number of hydrogen-bond donors (Lipinski definition) is 0. The molecule has 1 aromatic carbocycles. The monoisotopic (exact) mass is 283 g/mol. The Bertz CT molecular complexity index is 453. The molecule has 1 aromatic rings. The van der Waals surface area contributed by atoms with Crippen molar-refractivity contribution in [1.29, 1.82) is 0 Å². The highest BCUT2D eigenvalue weighted by Crippen LogP contribution is 2.30. The largest absolute Gasteiger partial charge is 0.495 e. The maximum Gasteiger partial charge on any atom is 0.183 e. The van der Waals surface area contributed by atoms with Crippen LogP contribution in [0.4, 0.5) is 0 Å². The summed E-state index contributed by atoms with van der Waals surface area (Å²) < 4.78 is 5.18. The number of methoxy groups -OCH3 is 1. The van der Waals surface area contributed by atoms with Crippen molar-refractivity contribution in [2.24, 2.45) is 0 Å². The number of Topliss-reactive ketones (excluding diaryl/α,β-unsaturated/α-hetero) is 1. The third-order valence-electron chi connectivity index (χ3n) is 3.86. The smallest absolute Gasteiger partial charge is 0.183 e. The van der Waals surface area contributed by atoms with E-state index >= 15 is 0 Å². The molecule has 0 atom stereocenters. The number of rotatable bonds is 6. The van der Waals surface area contributed by atoms with Gasteiger partial charge in [0.15, 0.2) is 5.78 Å². The van der Waals surface area contributed by atoms with Crippen molar-refractivity contribution < 1.29 is 9.53 Å². The maximum atomic E-state index is 12.8. The number of ether oxygens (including phenoxy) is 1. The lowest BCUT2D eigenvalue weighted by molar-refractivity contribution is 0.0656. The first-order valence-electron chi connectivity index (χ1n) is 6.48. The molecule has 0 aliphatic rings. The molecule has 0 fully saturated rings. The van der Waals surface area contributed by atoms with Crippen molar-refractivity contribution in [2.75, 3.05) is 21.2 Å². The zero-order valence-electron chi connectivity index (χ0n) is 12.3. The molecule has 0 spiro atoms. The van der Waals surface area contributed by atoms with E-state index in [1.807, 2.05) is 32.8 Å². The second kappa shape index (κ2) is 6.40. The van der Waals surface area contributed by atoms with E-state index in [1.165, 1.54) is 0 Å². The molecule has 0 aliphatic heterocycles. The van der Waals surface area contributed by atoms with Crippen molar-refractivity contribution in [3.63, 3.8) is 0 Å². The predicted molar refractivity (Wildman–Crippen MR) is 79.3 cm³/mol. The van der Waals surface area contributed by atoms with E-state index in [4.69, 9.17) is 16.3 Å². The van der Waals surface area contributed by atoms with Crippen molar-refractivity contribution >= 4 is 17.4 Å². The van der Waals surface area contributed by atoms with Gasteiger partial charge in [-0.15, -0.1) is 0 Å². The summed E-state index contributed by atoms with van der Waals surface area (Å²) >= 11 is 6.00. The van der Waals surface area contributed by atoms with Crippen LogP contribution in [0, 0.1) is 0 Å². The maximum absolute atomic E-state index is 12.8. The van der Waals surface area contributed by atoms with E-state index in [1.54, 1.807) is 25.3 Å². The predicted octanol–water partition coefficient (Wildman–Crippen LogP) is 3.65. The van der Waals surface area contributed by atoms with E-state index < -0.39 is 5.54 Å². The normalized spacial score (nSPS) is 11.7. The zero-order valence-corrected chi connectivity index (χ0v) is 13.0. The average molecular weight is 284 g/mol. The van der Waals surface area contributed by atoms with Gasteiger partial charge in [-0.2, -0.15) is 0 Å². The van der Waals surface area contributed by atoms with Gasteiger partial charge in [-0.05, 0) is 45.1 Å². The third-order valence-corrected chi connectivity index (χ3v) is 4.17. The highest BCUT2D eigenvalue weighted by molar-refractivity contribution is 6.32. The van der Waals surface area contributed by atoms with Crippen LogP contribution in [0.15, 0.2) is 18.2 Å². The Balaban J connectivity index is 3.24. The summed E-state index contributed by atoms with van der Waals surface area (Å²) in [6, 6.07) is 5.18. The van der Waals surface area contributed by atoms with Crippen LogP contribution in [-0.4, -0.2) is 37.4 Å². The molecule has 0 amide bonds. The topological polar surface area (TPSA) is 29.5 Å². The standard InChI is InChI=1S/C15H22ClNO2/c1-6-15(7-2,17(3)4)14(18)11-8-9-12(16)13(10-11)19-5/h8-10H,6-7H2,1-5H3. The molecule has 0 aromatic heterocycles. The highest BCUT2D eigenvalue weighted by atomic mass is 35.5. The molecule has 3 nitrogen and oxygen atoms in total. The zero-order chi connectivity index (χ0) is 14.6. The molecule has 0 saturated heterocycles. The van der Waals surface area contributed by atoms with Gasteiger partial charge in [-0.3, -0.25) is 9.69 Å². The average Bonchev–Trinajstić information content (AvgIpc) is 2.40. The van der Waals surface area contributed by atoms with Crippen LogP contribution in [0.25, 0.3) is 0 Å². The quantitative estimate of drug-likeness (QED) is 0.747. The van der Waals surface area contributed by atoms with Gasteiger partial charge in [-0.25, -0.2) is 0 Å². The lowest BCUT2D eigenvalue weighted by Gasteiger charge is -2.37. The van der Waals surface area contributed by atoms with Gasteiger partial charge >= 0.3 is 0 Å². The first-order chi connectivity index (χ1) is 8.92. The van der Waals surface area contributed by atoms with Crippen molar-refractivity contribution in [3.05, 3.63) is 28.8 Å². The lowest BCUT2D eigenvalue weighted by Crippen LogP contribution is -2.50. The van der Waals surface area contributed by atoms with E-state index in [-0.39, 0.29) is 5.78 Å². The number of likely N-dealkylation sites (N-methyl/N-ethyl adjacent to an activating group) is 1. The Morgan fingerprint density at radius 3 is 2.32 bits per heavy atom. The van der Waals surface area contributed by atoms with Gasteiger partial charge < -0.3 is 4.74 Å². The number of nitrogens with zero attached hydrogens (tertiary/aromatic N) is 1. The molecule has 0 heterocycles. The molecule has 0 saturated carbocycles. The Morgan fingerprint density at radius 2 is 1.89 bits per heavy atom. The van der Waals surface area contributed by atoms with Gasteiger partial charge in [0, 0.05) is 5.56 Å². The van der Waals surface area contributed by atoms with Gasteiger partial charge in [-0.1, -0.05) is 25.4 Å². The van der Waals surface area contributed by atoms with Crippen LogP contribution >= 0.6 is 11.6 Å². The Hall–Kier alpha value is -1.06. The number of benzene rings is 1. The molecule has 1 rings (SSSR count). The van der Waals surface area contributed by atoms with Crippen LogP contribution in [0.5, 0.6) is 5.75 Å². The minimum absolute atomic E-state index is 0.109. The molecular weight excluding hydrogens is 262 g/mol. The Kier molecular flexibility index (Phi) is 5.39. The number of carbonyl (C=O) groups is 1. The number of hydrogen-bond acceptors (Lipinski definition) is 3. The van der Waals surface area contributed by atoms with E-state index in [0.29, 0.717) is 16.3 Å². The number of carbonyl (C=O) groups excluding carboxylic acids is 1. The fourth-order valence-electron chi connectivity index (χ4n) is 2.48. The molecule has 0 radical (unpaired) electrons. The van der Waals surface area contributed by atoms with Crippen molar-refractivity contribution in [3.8, 4) is 5.75 Å². The summed E-state index contributed by atoms with van der Waals surface area (Å²) in [6.45, 7) is 4.07. The van der Waals surface area contributed by atoms with Crippen molar-refractivity contribution in [1.82, 2.24) is 4.90 Å². The molecule has 0 aliphatic carbocycles. The van der Waals surface area contributed by atoms with Gasteiger partial charge in [0.05, 0.1) is 17.7 Å². The molecule has 19 heavy (non-hydrogen) atoms. The first kappa shape index (κ1) is 16.0. The fourth-order valence-corrected chi connectivity index (χ4v) is 2.67. The fraction of sp³-hybridized carbons (Fsp3) is 0.533. The summed E-state index contributed by atoms with van der Waals surface area (Å²) in [5.41, 5.74) is 0.164. The van der Waals surface area contributed by atoms with Crippen LogP contribution in [0.1, 0.15) is 37.0 Å². The summed E-state index contributed by atoms with van der Waals surface area (Å²) in [5.74, 6) is 0.643. The minimum atomic E-state index is -0.473. The molecular formula is C15H22ClNO2. The number of halogens is 1. The first-order valence-corrected chi connectivity index (χ1v) is 6.86. The summed E-state index contributed by atoms with van der Waals surface area (Å²) in [5, 5.41) is 0.516. The van der Waals surface area contributed by atoms with E-state index in [0.717, 1.165) is 12.8 Å². The molecule has 0 N–H and O–H groups in total. The molecule has 4 heteroatoms. The second-order valence-electron chi connectivity index (χ2n) is 4.81. The van der Waals surface area contributed by atoms with Crippen LogP contribution in [0.2, 0.25) is 5.02 Å². The van der Waals surface area contributed by atoms with Gasteiger partial charge in [0.1, 0.15) is 5.75 Å². The van der Waals surface area contributed by atoms with Crippen molar-refractivity contribution in [2.45, 2.75) is 32.2 Å². The minimum Gasteiger partial charge on any atom is -0.495 e. The molecule has 0 unspecified atom stereocenters. The molecule has 0 bridgehead atoms. The van der Waals surface area contributed by atoms with E-state index in [2.05, 4.69) is 0 Å². The van der Waals surface area contributed by atoms with Gasteiger partial charge in [0.25, 0.3) is 0 Å². The Morgan fingerprint density at radius 1 is 1.32 bits per heavy atom.